The maximum atomic E-state index is 5.00. The molecule has 0 saturated carbocycles. The average Bonchev–Trinajstić information content (AvgIpc) is 3.81. The second kappa shape index (κ2) is 14.6. The van der Waals surface area contributed by atoms with Gasteiger partial charge in [0, 0.05) is 17.4 Å². The van der Waals surface area contributed by atoms with Gasteiger partial charge in [0.15, 0.2) is 0 Å². The van der Waals surface area contributed by atoms with Crippen LogP contribution in [0.5, 0.6) is 0 Å². The molecule has 6 heteroatoms. The predicted molar refractivity (Wildman–Crippen MR) is 232 cm³/mol. The van der Waals surface area contributed by atoms with Gasteiger partial charge in [-0.2, -0.15) is 46.8 Å². The molecule has 9 aromatic rings. The molecule has 0 spiro atoms. The first-order valence-corrected chi connectivity index (χ1v) is 21.8. The molecule has 0 fully saturated rings. The molecule has 2 aromatic heterocycles. The quantitative estimate of drug-likeness (QED) is 0.118. The van der Waals surface area contributed by atoms with Crippen LogP contribution in [0.1, 0.15) is 0 Å². The molecule has 1 aliphatic rings. The standard InChI is InChI=1S/C50H38N4Si.Pt/c1-55(2,40-21-15-20-39(33-40)53-35-52(38-18-7-4-8-19-38)47-26-13-14-27-48(47)53)41-28-29-45-44-24-11-12-25-46(44)54(49(45)34-41)50-32-37(30-31-51-50)43-23-10-9-22-42(43)36-16-5-3-6-17-36;/h3-32H,35H2,1-2H3;/q-2;+2. The number of para-hydroxylation sites is 4. The van der Waals surface area contributed by atoms with Gasteiger partial charge in [-0.05, 0) is 70.1 Å². The zero-order valence-corrected chi connectivity index (χ0v) is 34.4. The number of aromatic nitrogens is 2. The Hall–Kier alpha value is -6.00. The third kappa shape index (κ3) is 6.08. The third-order valence-electron chi connectivity index (χ3n) is 11.1. The number of pyridine rings is 1. The van der Waals surface area contributed by atoms with E-state index in [2.05, 4.69) is 216 Å². The minimum atomic E-state index is -2.29. The molecule has 272 valence electrons. The predicted octanol–water partition coefficient (Wildman–Crippen LogP) is 11.2. The van der Waals surface area contributed by atoms with Gasteiger partial charge in [-0.15, -0.1) is 11.5 Å². The van der Waals surface area contributed by atoms with E-state index in [1.165, 1.54) is 54.9 Å². The van der Waals surface area contributed by atoms with E-state index in [0.29, 0.717) is 0 Å². The molecule has 0 bridgehead atoms. The van der Waals surface area contributed by atoms with Crippen molar-refractivity contribution >= 4 is 63.0 Å². The Morgan fingerprint density at radius 3 is 1.96 bits per heavy atom. The minimum absolute atomic E-state index is 0. The summed E-state index contributed by atoms with van der Waals surface area (Å²) in [5.41, 5.74) is 11.5. The van der Waals surface area contributed by atoms with Crippen molar-refractivity contribution in [3.63, 3.8) is 0 Å². The van der Waals surface area contributed by atoms with Gasteiger partial charge in [-0.3, -0.25) is 0 Å². The van der Waals surface area contributed by atoms with Gasteiger partial charge in [0.25, 0.3) is 0 Å². The molecule has 0 saturated heterocycles. The van der Waals surface area contributed by atoms with E-state index in [0.717, 1.165) is 34.8 Å². The molecule has 0 unspecified atom stereocenters. The van der Waals surface area contributed by atoms with Crippen LogP contribution in [0.3, 0.4) is 0 Å². The fraction of sp³-hybridized carbons (Fsp3) is 0.0600. The van der Waals surface area contributed by atoms with Crippen LogP contribution in [0.4, 0.5) is 22.7 Å². The summed E-state index contributed by atoms with van der Waals surface area (Å²) in [7, 11) is -2.29. The van der Waals surface area contributed by atoms with Crippen molar-refractivity contribution in [3.05, 3.63) is 194 Å². The number of hydrogen-bond acceptors (Lipinski definition) is 3. The molecule has 56 heavy (non-hydrogen) atoms. The number of nitrogens with zero attached hydrogens (tertiary/aromatic N) is 4. The Kier molecular flexibility index (Phi) is 9.29. The summed E-state index contributed by atoms with van der Waals surface area (Å²) < 4.78 is 2.30. The summed E-state index contributed by atoms with van der Waals surface area (Å²) in [4.78, 5) is 9.76. The van der Waals surface area contributed by atoms with Crippen LogP contribution in [0.2, 0.25) is 13.1 Å². The maximum absolute atomic E-state index is 5.00. The smallest absolute Gasteiger partial charge is 0.345 e. The van der Waals surface area contributed by atoms with Crippen molar-refractivity contribution in [2.75, 3.05) is 16.5 Å². The van der Waals surface area contributed by atoms with Crippen LogP contribution in [0.15, 0.2) is 182 Å². The maximum Gasteiger partial charge on any atom is 2.00 e. The van der Waals surface area contributed by atoms with E-state index >= 15 is 0 Å². The van der Waals surface area contributed by atoms with E-state index in [-0.39, 0.29) is 21.1 Å². The van der Waals surface area contributed by atoms with E-state index in [9.17, 15) is 0 Å². The molecule has 4 nitrogen and oxygen atoms in total. The molecule has 1 aliphatic heterocycles. The summed E-state index contributed by atoms with van der Waals surface area (Å²) >= 11 is 0. The molecule has 0 N–H and O–H groups in total. The largest absolute Gasteiger partial charge is 2.00 e. The zero-order valence-electron chi connectivity index (χ0n) is 31.1. The summed E-state index contributed by atoms with van der Waals surface area (Å²) in [5, 5.41) is 4.85. The van der Waals surface area contributed by atoms with Gasteiger partial charge in [-0.25, -0.2) is 4.98 Å². The van der Waals surface area contributed by atoms with Crippen LogP contribution in [0.25, 0.3) is 49.9 Å². The number of fused-ring (bicyclic) bond motifs is 4. The van der Waals surface area contributed by atoms with Crippen LogP contribution in [0, 0.1) is 12.1 Å². The second-order valence-corrected chi connectivity index (χ2v) is 19.0. The van der Waals surface area contributed by atoms with E-state index < -0.39 is 8.07 Å². The summed E-state index contributed by atoms with van der Waals surface area (Å²) in [6, 6.07) is 70.7. The van der Waals surface area contributed by atoms with E-state index in [4.69, 9.17) is 4.98 Å². The molecule has 0 radical (unpaired) electrons. The topological polar surface area (TPSA) is 24.3 Å². The minimum Gasteiger partial charge on any atom is -0.345 e. The van der Waals surface area contributed by atoms with E-state index in [1.807, 2.05) is 6.20 Å². The fourth-order valence-corrected chi connectivity index (χ4v) is 10.4. The van der Waals surface area contributed by atoms with Crippen molar-refractivity contribution in [1.29, 1.82) is 0 Å². The fourth-order valence-electron chi connectivity index (χ4n) is 8.18. The van der Waals surface area contributed by atoms with Crippen molar-refractivity contribution < 1.29 is 21.1 Å². The van der Waals surface area contributed by atoms with Gasteiger partial charge < -0.3 is 14.4 Å². The van der Waals surface area contributed by atoms with Crippen LogP contribution in [-0.4, -0.2) is 24.3 Å². The molecule has 3 heterocycles. The Morgan fingerprint density at radius 2 is 1.18 bits per heavy atom. The second-order valence-electron chi connectivity index (χ2n) is 14.7. The Morgan fingerprint density at radius 1 is 0.536 bits per heavy atom. The first kappa shape index (κ1) is 35.7. The number of rotatable bonds is 7. The van der Waals surface area contributed by atoms with Gasteiger partial charge in [0.2, 0.25) is 0 Å². The molecular formula is C50H38N4PtSi. The monoisotopic (exact) mass is 917 g/mol. The van der Waals surface area contributed by atoms with Gasteiger partial charge in [0.1, 0.15) is 5.82 Å². The van der Waals surface area contributed by atoms with Crippen LogP contribution >= 0.6 is 0 Å². The summed E-state index contributed by atoms with van der Waals surface area (Å²) in [6.45, 7) is 5.56. The SMILES string of the molecule is C[Si](C)(c1[c-]c(N2CN(c3ccccc3)c3ccccc32)ccc1)c1[c-]c2c(cc1)c1ccccc1n2-c1cc(-c2ccccc2-c2ccccc2)ccn1.[Pt+2]. The summed E-state index contributed by atoms with van der Waals surface area (Å²) in [5.74, 6) is 0.878. The first-order chi connectivity index (χ1) is 27.0. The molecular weight excluding hydrogens is 880 g/mol. The van der Waals surface area contributed by atoms with E-state index in [1.54, 1.807) is 0 Å². The third-order valence-corrected chi connectivity index (χ3v) is 14.4. The van der Waals surface area contributed by atoms with Gasteiger partial charge in [-0.1, -0.05) is 127 Å². The normalized spacial score (nSPS) is 12.5. The van der Waals surface area contributed by atoms with Gasteiger partial charge in [0.05, 0.1) is 26.1 Å². The Bertz CT molecular complexity index is 2850. The molecule has 0 aliphatic carbocycles. The van der Waals surface area contributed by atoms with Crippen molar-refractivity contribution in [2.45, 2.75) is 13.1 Å². The van der Waals surface area contributed by atoms with Crippen molar-refractivity contribution in [3.8, 4) is 28.1 Å². The van der Waals surface area contributed by atoms with Crippen molar-refractivity contribution in [2.24, 2.45) is 0 Å². The Labute approximate surface area is 343 Å². The van der Waals surface area contributed by atoms with Gasteiger partial charge >= 0.3 is 21.1 Å². The number of anilines is 4. The first-order valence-electron chi connectivity index (χ1n) is 18.8. The molecule has 0 amide bonds. The molecule has 10 rings (SSSR count). The van der Waals surface area contributed by atoms with Crippen LogP contribution < -0.4 is 20.2 Å². The molecule has 7 aromatic carbocycles. The van der Waals surface area contributed by atoms with Crippen LogP contribution in [-0.2, 0) is 21.1 Å². The Balaban J connectivity index is 0.00000410. The average molecular weight is 918 g/mol. The molecule has 0 atom stereocenters. The number of hydrogen-bond donors (Lipinski definition) is 0. The zero-order chi connectivity index (χ0) is 36.9. The summed E-state index contributed by atoms with van der Waals surface area (Å²) in [6.07, 6.45) is 1.94. The number of benzene rings is 7. The van der Waals surface area contributed by atoms with Crippen molar-refractivity contribution in [1.82, 2.24) is 9.55 Å².